The minimum absolute atomic E-state index is 0.0766. The molecule has 0 saturated heterocycles. The Balaban J connectivity index is 1.24. The van der Waals surface area contributed by atoms with Gasteiger partial charge in [0.05, 0.1) is 13.7 Å². The highest BCUT2D eigenvalue weighted by Crippen LogP contribution is 2.63. The standard InChI is InChI=1S/C29H37BO4S/c1-29-13-11-24-23-8-6-22(35(32)18-30)16-20(23)4-7-25(24)26(29)9-5-21(29)12-14-34-27-10-3-19(17-31)15-28(27)33-2/h3,6,8,10,15-17,21,24-26H,4-5,7,9,11-14,18,30H2,1-2H3/t21-,24?,25?,26?,29?,35?/m1/s1/i30TD. The van der Waals surface area contributed by atoms with Gasteiger partial charge < -0.3 is 9.47 Å². The van der Waals surface area contributed by atoms with Crippen LogP contribution in [0.15, 0.2) is 41.3 Å². The Bertz CT molecular complexity index is 1170. The molecule has 0 heterocycles. The molecule has 5 rings (SSSR count). The molecule has 5 unspecified atom stereocenters. The maximum Gasteiger partial charge on any atom is 0.161 e. The van der Waals surface area contributed by atoms with E-state index in [9.17, 15) is 9.00 Å². The fraction of sp³-hybridized carbons (Fsp3) is 0.552. The van der Waals surface area contributed by atoms with Crippen molar-refractivity contribution in [3.8, 4) is 11.5 Å². The predicted molar refractivity (Wildman–Crippen MR) is 143 cm³/mol. The summed E-state index contributed by atoms with van der Waals surface area (Å²) in [4.78, 5) is 11.8. The minimum Gasteiger partial charge on any atom is -0.493 e. The molecular formula is C29H37BO4S. The van der Waals surface area contributed by atoms with Crippen LogP contribution < -0.4 is 9.47 Å². The molecule has 2 fully saturated rings. The van der Waals surface area contributed by atoms with E-state index >= 15 is 0 Å². The van der Waals surface area contributed by atoms with E-state index in [1.54, 1.807) is 19.2 Å². The van der Waals surface area contributed by atoms with E-state index in [1.807, 2.05) is 12.1 Å². The van der Waals surface area contributed by atoms with Gasteiger partial charge in [-0.15, -0.1) is 0 Å². The molecule has 0 radical (unpaired) electrons. The van der Waals surface area contributed by atoms with E-state index in [0.29, 0.717) is 46.8 Å². The SMILES string of the molecule is [2H]B([3H])CS(=O)c1ccc2c(c1)CCC1C2CCC2(C)C1CC[C@@H]2CCOc1ccc(C=O)cc1OC. The zero-order valence-corrected chi connectivity index (χ0v) is 21.6. The Kier molecular flexibility index (Phi) is 6.40. The van der Waals surface area contributed by atoms with Crippen LogP contribution in [0.3, 0.4) is 0 Å². The van der Waals surface area contributed by atoms with Gasteiger partial charge in [0.25, 0.3) is 0 Å². The average molecular weight is 496 g/mol. The first-order valence-corrected chi connectivity index (χ1v) is 14.3. The fourth-order valence-electron chi connectivity index (χ4n) is 7.57. The highest BCUT2D eigenvalue weighted by Gasteiger charge is 2.54. The van der Waals surface area contributed by atoms with Crippen LogP contribution in [0.4, 0.5) is 0 Å². The van der Waals surface area contributed by atoms with Gasteiger partial charge in [-0.25, -0.2) is 0 Å². The number of benzene rings is 2. The molecule has 0 bridgehead atoms. The van der Waals surface area contributed by atoms with E-state index < -0.39 is 18.6 Å². The molecule has 0 aromatic heterocycles. The fourth-order valence-corrected chi connectivity index (χ4v) is 8.25. The van der Waals surface area contributed by atoms with E-state index in [1.165, 1.54) is 43.2 Å². The number of fused-ring (bicyclic) bond motifs is 5. The van der Waals surface area contributed by atoms with Crippen molar-refractivity contribution >= 4 is 24.9 Å². The van der Waals surface area contributed by atoms with Gasteiger partial charge in [0, 0.05) is 21.3 Å². The Morgan fingerprint density at radius 1 is 1.23 bits per heavy atom. The maximum atomic E-state index is 12.5. The number of carbonyl (C=O) groups is 1. The lowest BCUT2D eigenvalue weighted by atomic mass is 9.54. The normalized spacial score (nSPS) is 30.7. The lowest BCUT2D eigenvalue weighted by Crippen LogP contribution is -2.42. The first-order valence-electron chi connectivity index (χ1n) is 14.1. The van der Waals surface area contributed by atoms with E-state index in [2.05, 4.69) is 19.1 Å². The van der Waals surface area contributed by atoms with Gasteiger partial charge in [-0.3, -0.25) is 9.00 Å². The van der Waals surface area contributed by atoms with Crippen molar-refractivity contribution in [3.05, 3.63) is 53.1 Å². The molecule has 6 atom stereocenters. The van der Waals surface area contributed by atoms with Crippen molar-refractivity contribution in [2.24, 2.45) is 23.2 Å². The van der Waals surface area contributed by atoms with Gasteiger partial charge >= 0.3 is 0 Å². The maximum absolute atomic E-state index is 12.5. The smallest absolute Gasteiger partial charge is 0.161 e. The molecule has 186 valence electrons. The summed E-state index contributed by atoms with van der Waals surface area (Å²) in [5.41, 5.74) is 3.78. The van der Waals surface area contributed by atoms with Gasteiger partial charge in [-0.05, 0) is 124 Å². The minimum atomic E-state index is -1.27. The second-order valence-corrected chi connectivity index (χ2v) is 12.3. The molecule has 2 aromatic rings. The number of methoxy groups -OCH3 is 1. The summed E-state index contributed by atoms with van der Waals surface area (Å²) >= 11 is 0. The monoisotopic (exact) mass is 495 g/mol. The molecule has 3 aliphatic rings. The molecule has 2 aromatic carbocycles. The third kappa shape index (κ3) is 4.48. The van der Waals surface area contributed by atoms with Crippen LogP contribution in [0, 0.1) is 23.2 Å². The van der Waals surface area contributed by atoms with Crippen molar-refractivity contribution < 1.29 is 18.5 Å². The molecule has 2 saturated carbocycles. The number of hydrogen-bond acceptors (Lipinski definition) is 4. The molecule has 3 aliphatic carbocycles. The van der Waals surface area contributed by atoms with Crippen LogP contribution in [0.25, 0.3) is 0 Å². The van der Waals surface area contributed by atoms with E-state index in [4.69, 9.17) is 12.1 Å². The zero-order valence-electron chi connectivity index (χ0n) is 22.8. The van der Waals surface area contributed by atoms with Crippen LogP contribution >= 0.6 is 0 Å². The molecule has 35 heavy (non-hydrogen) atoms. The summed E-state index contributed by atoms with van der Waals surface area (Å²) in [7, 11) is -0.719. The van der Waals surface area contributed by atoms with Crippen molar-refractivity contribution in [2.75, 3.05) is 19.4 Å². The Hall–Kier alpha value is -2.08. The summed E-state index contributed by atoms with van der Waals surface area (Å²) in [6.45, 7) is 3.17. The topological polar surface area (TPSA) is 52.6 Å². The Morgan fingerprint density at radius 3 is 2.91 bits per heavy atom. The summed E-state index contributed by atoms with van der Waals surface area (Å²) < 4.78 is 39.0. The number of hydrogen-bond donors (Lipinski definition) is 0. The van der Waals surface area contributed by atoms with Gasteiger partial charge in [-0.1, -0.05) is 13.0 Å². The van der Waals surface area contributed by atoms with Crippen molar-refractivity contribution in [1.29, 1.82) is 2.67 Å². The molecular weight excluding hydrogens is 455 g/mol. The number of aryl methyl sites for hydroxylation is 1. The quantitative estimate of drug-likeness (QED) is 0.357. The van der Waals surface area contributed by atoms with Crippen LogP contribution in [0.2, 0.25) is 0 Å². The van der Waals surface area contributed by atoms with Crippen molar-refractivity contribution in [3.63, 3.8) is 0 Å². The summed E-state index contributed by atoms with van der Waals surface area (Å²) in [6, 6.07) is 11.6. The van der Waals surface area contributed by atoms with E-state index in [0.717, 1.165) is 29.9 Å². The summed E-state index contributed by atoms with van der Waals surface area (Å²) in [5.74, 6) is 3.96. The Morgan fingerprint density at radius 2 is 2.11 bits per heavy atom. The first-order chi connectivity index (χ1) is 17.8. The van der Waals surface area contributed by atoms with Crippen LogP contribution in [0.5, 0.6) is 11.5 Å². The average Bonchev–Trinajstić information content (AvgIpc) is 3.24. The Labute approximate surface area is 215 Å². The predicted octanol–water partition coefficient (Wildman–Crippen LogP) is 5.15. The molecule has 0 N–H and O–H groups in total. The third-order valence-electron chi connectivity index (χ3n) is 9.36. The van der Waals surface area contributed by atoms with Gasteiger partial charge in [-0.2, -0.15) is 0 Å². The number of carbonyl (C=O) groups excluding carboxylic acids is 1. The molecule has 6 heteroatoms. The summed E-state index contributed by atoms with van der Waals surface area (Å²) in [5, 5.41) is 0. The lowest BCUT2D eigenvalue weighted by molar-refractivity contribution is 0.0219. The van der Waals surface area contributed by atoms with Crippen LogP contribution in [0.1, 0.15) is 72.9 Å². The number of ether oxygens (including phenoxy) is 2. The second kappa shape index (κ2) is 10.1. The number of aldehydes is 1. The molecule has 0 aliphatic heterocycles. The third-order valence-corrected chi connectivity index (χ3v) is 10.4. The molecule has 4 nitrogen and oxygen atoms in total. The van der Waals surface area contributed by atoms with Crippen molar-refractivity contribution in [2.45, 2.75) is 62.7 Å². The largest absolute Gasteiger partial charge is 0.493 e. The van der Waals surface area contributed by atoms with Crippen molar-refractivity contribution in [1.82, 2.24) is 0 Å². The van der Waals surface area contributed by atoms with Crippen LogP contribution in [-0.2, 0) is 17.2 Å². The molecule has 0 amide bonds. The lowest BCUT2D eigenvalue weighted by Gasteiger charge is -2.51. The highest BCUT2D eigenvalue weighted by atomic mass is 32.2. The van der Waals surface area contributed by atoms with Crippen LogP contribution in [-0.4, -0.2) is 40.3 Å². The van der Waals surface area contributed by atoms with E-state index in [-0.39, 0.29) is 5.65 Å². The van der Waals surface area contributed by atoms with Gasteiger partial charge in [0.1, 0.15) is 14.1 Å². The number of rotatable bonds is 9. The summed E-state index contributed by atoms with van der Waals surface area (Å²) in [6.07, 6.45) is 9.04. The highest BCUT2D eigenvalue weighted by molar-refractivity contribution is 7.86. The van der Waals surface area contributed by atoms with Gasteiger partial charge in [0.2, 0.25) is 0 Å². The first kappa shape index (κ1) is 22.1. The zero-order chi connectivity index (χ0) is 26.2. The second-order valence-electron chi connectivity index (χ2n) is 10.8. The molecule has 0 spiro atoms. The van der Waals surface area contributed by atoms with Gasteiger partial charge in [0.15, 0.2) is 11.5 Å².